The average Bonchev–Trinajstić information content (AvgIpc) is 2.98. The fraction of sp³-hybridized carbons (Fsp3) is 0.261. The predicted molar refractivity (Wildman–Crippen MR) is 116 cm³/mol. The molecule has 1 N–H and O–H groups in total. The predicted octanol–water partition coefficient (Wildman–Crippen LogP) is 4.97. The smallest absolute Gasteiger partial charge is 0.211 e. The lowest BCUT2D eigenvalue weighted by atomic mass is 10.0. The summed E-state index contributed by atoms with van der Waals surface area (Å²) in [7, 11) is 1.60. The van der Waals surface area contributed by atoms with E-state index in [9.17, 15) is 4.39 Å². The van der Waals surface area contributed by atoms with Crippen LogP contribution in [-0.4, -0.2) is 35.6 Å². The molecular weight excluding hydrogens is 383 g/mol. The Morgan fingerprint density at radius 1 is 1.13 bits per heavy atom. The fourth-order valence-corrected chi connectivity index (χ4v) is 3.39. The molecule has 0 bridgehead atoms. The second kappa shape index (κ2) is 8.49. The molecule has 7 heteroatoms. The van der Waals surface area contributed by atoms with Crippen LogP contribution < -0.4 is 10.1 Å². The minimum Gasteiger partial charge on any atom is -0.494 e. The standard InChI is InChI=1S/C23H23FN4O2/c1-14-5-4-10-30-23(27-14)15(2)28-22-19-11-17(16-6-8-18(24)9-7-16)12-20(29-3)21(19)25-13-26-22/h5-9,11-13,15H,4,10H2,1-3H3,(H,25,26,28). The van der Waals surface area contributed by atoms with Gasteiger partial charge in [0.1, 0.15) is 35.3 Å². The van der Waals surface area contributed by atoms with Crippen LogP contribution in [0.15, 0.2) is 59.5 Å². The van der Waals surface area contributed by atoms with Gasteiger partial charge in [-0.2, -0.15) is 0 Å². The van der Waals surface area contributed by atoms with Gasteiger partial charge in [0, 0.05) is 17.5 Å². The summed E-state index contributed by atoms with van der Waals surface area (Å²) in [6.07, 6.45) is 4.39. The van der Waals surface area contributed by atoms with Crippen LogP contribution in [0.2, 0.25) is 0 Å². The van der Waals surface area contributed by atoms with Crippen molar-refractivity contribution in [2.24, 2.45) is 4.99 Å². The molecule has 0 fully saturated rings. The number of hydrogen-bond donors (Lipinski definition) is 1. The third-order valence-electron chi connectivity index (χ3n) is 4.92. The average molecular weight is 406 g/mol. The molecule has 154 valence electrons. The van der Waals surface area contributed by atoms with E-state index in [4.69, 9.17) is 9.47 Å². The summed E-state index contributed by atoms with van der Waals surface area (Å²) in [6, 6.07) is 10.0. The lowest BCUT2D eigenvalue weighted by molar-refractivity contribution is 0.303. The van der Waals surface area contributed by atoms with E-state index in [0.717, 1.165) is 28.6 Å². The van der Waals surface area contributed by atoms with E-state index >= 15 is 0 Å². The molecule has 0 saturated heterocycles. The summed E-state index contributed by atoms with van der Waals surface area (Å²) in [5.74, 6) is 1.60. The third kappa shape index (κ3) is 4.10. The molecular formula is C23H23FN4O2. The van der Waals surface area contributed by atoms with Gasteiger partial charge < -0.3 is 14.8 Å². The Morgan fingerprint density at radius 3 is 2.70 bits per heavy atom. The number of allylic oxidation sites excluding steroid dienone is 1. The largest absolute Gasteiger partial charge is 0.494 e. The van der Waals surface area contributed by atoms with Gasteiger partial charge in [-0.05, 0) is 49.2 Å². The number of rotatable bonds is 5. The van der Waals surface area contributed by atoms with Gasteiger partial charge in [0.25, 0.3) is 0 Å². The van der Waals surface area contributed by atoms with Crippen molar-refractivity contribution in [2.75, 3.05) is 19.0 Å². The van der Waals surface area contributed by atoms with Crippen LogP contribution >= 0.6 is 0 Å². The molecule has 2 heterocycles. The number of methoxy groups -OCH3 is 1. The number of halogens is 1. The summed E-state index contributed by atoms with van der Waals surface area (Å²) in [4.78, 5) is 13.4. The van der Waals surface area contributed by atoms with Crippen LogP contribution in [0.1, 0.15) is 20.3 Å². The number of anilines is 1. The Morgan fingerprint density at radius 2 is 1.93 bits per heavy atom. The van der Waals surface area contributed by atoms with Crippen molar-refractivity contribution in [2.45, 2.75) is 26.3 Å². The molecule has 1 atom stereocenters. The second-order valence-corrected chi connectivity index (χ2v) is 7.10. The lowest BCUT2D eigenvalue weighted by Gasteiger charge is -2.18. The van der Waals surface area contributed by atoms with Gasteiger partial charge in [0.15, 0.2) is 0 Å². The van der Waals surface area contributed by atoms with Gasteiger partial charge in [-0.25, -0.2) is 19.4 Å². The second-order valence-electron chi connectivity index (χ2n) is 7.10. The molecule has 1 aromatic heterocycles. The number of aliphatic imine (C=N–C) groups is 1. The van der Waals surface area contributed by atoms with Gasteiger partial charge >= 0.3 is 0 Å². The van der Waals surface area contributed by atoms with Crippen LogP contribution in [0.4, 0.5) is 10.2 Å². The van der Waals surface area contributed by atoms with E-state index in [0.29, 0.717) is 29.6 Å². The highest BCUT2D eigenvalue weighted by molar-refractivity contribution is 5.98. The molecule has 0 spiro atoms. The Kier molecular flexibility index (Phi) is 5.61. The quantitative estimate of drug-likeness (QED) is 0.648. The molecule has 30 heavy (non-hydrogen) atoms. The SMILES string of the molecule is COc1cc(-c2ccc(F)cc2)cc2c(NC(C)C3=NC(C)=CCCO3)ncnc12. The van der Waals surface area contributed by atoms with Crippen molar-refractivity contribution < 1.29 is 13.9 Å². The zero-order valence-corrected chi connectivity index (χ0v) is 17.1. The topological polar surface area (TPSA) is 68.6 Å². The maximum atomic E-state index is 13.4. The number of nitrogens with one attached hydrogen (secondary N) is 1. The monoisotopic (exact) mass is 406 g/mol. The van der Waals surface area contributed by atoms with Crippen molar-refractivity contribution in [3.8, 4) is 16.9 Å². The zero-order chi connectivity index (χ0) is 21.1. The Labute approximate surface area is 174 Å². The highest BCUT2D eigenvalue weighted by Crippen LogP contribution is 2.34. The summed E-state index contributed by atoms with van der Waals surface area (Å²) >= 11 is 0. The minimum atomic E-state index is -0.278. The van der Waals surface area contributed by atoms with E-state index in [1.165, 1.54) is 18.5 Å². The summed E-state index contributed by atoms with van der Waals surface area (Å²) in [6.45, 7) is 4.53. The minimum absolute atomic E-state index is 0.190. The van der Waals surface area contributed by atoms with Gasteiger partial charge in [-0.3, -0.25) is 0 Å². The zero-order valence-electron chi connectivity index (χ0n) is 17.1. The first-order valence-corrected chi connectivity index (χ1v) is 9.78. The maximum absolute atomic E-state index is 13.4. The number of aromatic nitrogens is 2. The van der Waals surface area contributed by atoms with Gasteiger partial charge in [-0.15, -0.1) is 0 Å². The van der Waals surface area contributed by atoms with Crippen LogP contribution in [0.3, 0.4) is 0 Å². The Bertz CT molecular complexity index is 1130. The Balaban J connectivity index is 1.75. The fourth-order valence-electron chi connectivity index (χ4n) is 3.39. The van der Waals surface area contributed by atoms with Crippen molar-refractivity contribution in [1.82, 2.24) is 9.97 Å². The van der Waals surface area contributed by atoms with Crippen molar-refractivity contribution >= 4 is 22.6 Å². The molecule has 0 aliphatic carbocycles. The Hall–Kier alpha value is -3.48. The molecule has 0 radical (unpaired) electrons. The molecule has 0 amide bonds. The molecule has 0 saturated carbocycles. The van der Waals surface area contributed by atoms with Crippen LogP contribution in [0, 0.1) is 5.82 Å². The van der Waals surface area contributed by atoms with Crippen LogP contribution in [0.25, 0.3) is 22.0 Å². The normalized spacial score (nSPS) is 14.9. The lowest BCUT2D eigenvalue weighted by Crippen LogP contribution is -2.29. The summed E-state index contributed by atoms with van der Waals surface area (Å²) < 4.78 is 24.7. The highest BCUT2D eigenvalue weighted by Gasteiger charge is 2.18. The van der Waals surface area contributed by atoms with Crippen molar-refractivity contribution in [1.29, 1.82) is 0 Å². The number of fused-ring (bicyclic) bond motifs is 1. The van der Waals surface area contributed by atoms with Crippen molar-refractivity contribution in [3.05, 3.63) is 60.3 Å². The van der Waals surface area contributed by atoms with Crippen LogP contribution in [-0.2, 0) is 4.74 Å². The maximum Gasteiger partial charge on any atom is 0.211 e. The first-order valence-electron chi connectivity index (χ1n) is 9.78. The van der Waals surface area contributed by atoms with Crippen molar-refractivity contribution in [3.63, 3.8) is 0 Å². The highest BCUT2D eigenvalue weighted by atomic mass is 19.1. The number of nitrogens with zero attached hydrogens (tertiary/aromatic N) is 3. The summed E-state index contributed by atoms with van der Waals surface area (Å²) in [5, 5.41) is 4.19. The number of benzene rings is 2. The van der Waals surface area contributed by atoms with E-state index in [1.807, 2.05) is 26.0 Å². The molecule has 1 aliphatic rings. The van der Waals surface area contributed by atoms with E-state index in [1.54, 1.807) is 19.2 Å². The molecule has 1 unspecified atom stereocenters. The van der Waals surface area contributed by atoms with E-state index in [-0.39, 0.29) is 11.9 Å². The summed E-state index contributed by atoms with van der Waals surface area (Å²) in [5.41, 5.74) is 3.38. The first-order chi connectivity index (χ1) is 14.5. The third-order valence-corrected chi connectivity index (χ3v) is 4.92. The van der Waals surface area contributed by atoms with Gasteiger partial charge in [0.05, 0.1) is 13.7 Å². The molecule has 1 aliphatic heterocycles. The number of ether oxygens (including phenoxy) is 2. The number of hydrogen-bond acceptors (Lipinski definition) is 6. The van der Waals surface area contributed by atoms with Crippen LogP contribution in [0.5, 0.6) is 5.75 Å². The molecule has 3 aromatic rings. The van der Waals surface area contributed by atoms with E-state index < -0.39 is 0 Å². The first kappa shape index (κ1) is 19.8. The van der Waals surface area contributed by atoms with E-state index in [2.05, 4.69) is 26.4 Å². The van der Waals surface area contributed by atoms with Gasteiger partial charge in [0.2, 0.25) is 5.90 Å². The molecule has 6 nitrogen and oxygen atoms in total. The molecule has 4 rings (SSSR count). The molecule has 2 aromatic carbocycles. The van der Waals surface area contributed by atoms with Gasteiger partial charge in [-0.1, -0.05) is 18.2 Å².